The number of rotatable bonds is 2. The Balaban J connectivity index is 2.04. The van der Waals surface area contributed by atoms with Crippen LogP contribution in [0.15, 0.2) is 36.4 Å². The summed E-state index contributed by atoms with van der Waals surface area (Å²) in [5.74, 6) is -0.0368. The van der Waals surface area contributed by atoms with Crippen molar-refractivity contribution in [2.45, 2.75) is 13.3 Å². The Bertz CT molecular complexity index is 593. The van der Waals surface area contributed by atoms with Gasteiger partial charge in [-0.25, -0.2) is 4.90 Å². The fourth-order valence-electron chi connectivity index (χ4n) is 3.20. The minimum atomic E-state index is -0.239. The van der Waals surface area contributed by atoms with E-state index in [-0.39, 0.29) is 29.6 Å². The molecule has 104 valence electrons. The summed E-state index contributed by atoms with van der Waals surface area (Å²) in [4.78, 5) is 26.5. The van der Waals surface area contributed by atoms with Crippen molar-refractivity contribution < 1.29 is 14.3 Å². The maximum absolute atomic E-state index is 12.6. The summed E-state index contributed by atoms with van der Waals surface area (Å²) >= 11 is 0. The molecule has 1 aromatic rings. The van der Waals surface area contributed by atoms with Crippen LogP contribution in [0.25, 0.3) is 0 Å². The topological polar surface area (TPSA) is 46.6 Å². The van der Waals surface area contributed by atoms with Crippen molar-refractivity contribution in [2.75, 3.05) is 12.0 Å². The average Bonchev–Trinajstić information content (AvgIpc) is 2.72. The summed E-state index contributed by atoms with van der Waals surface area (Å²) in [5.41, 5.74) is 0.548. The van der Waals surface area contributed by atoms with Gasteiger partial charge < -0.3 is 4.74 Å². The predicted octanol–water partition coefficient (Wildman–Crippen LogP) is 2.40. The van der Waals surface area contributed by atoms with Gasteiger partial charge in [-0.05, 0) is 24.5 Å². The van der Waals surface area contributed by atoms with Crippen molar-refractivity contribution in [3.8, 4) is 5.75 Å². The van der Waals surface area contributed by atoms with Crippen LogP contribution in [0.2, 0.25) is 0 Å². The molecule has 1 saturated heterocycles. The van der Waals surface area contributed by atoms with Gasteiger partial charge in [0, 0.05) is 0 Å². The standard InChI is InChI=1S/C16H17NO3/c1-10-6-5-7-11-14(10)16(19)17(15(11)18)12-8-3-4-9-13(12)20-2/h3-6,8-11,14H,7H2,1-2H3/t10-,11+,14+/m0/s1. The first-order valence-electron chi connectivity index (χ1n) is 6.82. The summed E-state index contributed by atoms with van der Waals surface area (Å²) in [5, 5.41) is 0. The van der Waals surface area contributed by atoms with Crippen molar-refractivity contribution in [2.24, 2.45) is 17.8 Å². The highest BCUT2D eigenvalue weighted by Crippen LogP contribution is 2.42. The van der Waals surface area contributed by atoms with Crippen LogP contribution < -0.4 is 9.64 Å². The first-order chi connectivity index (χ1) is 9.65. The molecule has 3 rings (SSSR count). The molecule has 0 radical (unpaired) electrons. The third-order valence-electron chi connectivity index (χ3n) is 4.20. The van der Waals surface area contributed by atoms with E-state index in [1.54, 1.807) is 19.2 Å². The Morgan fingerprint density at radius 3 is 2.65 bits per heavy atom. The Labute approximate surface area is 118 Å². The highest BCUT2D eigenvalue weighted by Gasteiger charge is 2.50. The van der Waals surface area contributed by atoms with E-state index in [1.807, 2.05) is 31.2 Å². The fraction of sp³-hybridized carbons (Fsp3) is 0.375. The molecule has 2 aliphatic rings. The number of methoxy groups -OCH3 is 1. The second-order valence-electron chi connectivity index (χ2n) is 5.34. The third-order valence-corrected chi connectivity index (χ3v) is 4.20. The van der Waals surface area contributed by atoms with Gasteiger partial charge in [0.1, 0.15) is 5.75 Å². The van der Waals surface area contributed by atoms with Crippen molar-refractivity contribution >= 4 is 17.5 Å². The van der Waals surface area contributed by atoms with Crippen LogP contribution in [-0.4, -0.2) is 18.9 Å². The normalized spacial score (nSPS) is 28.7. The second-order valence-corrected chi connectivity index (χ2v) is 5.34. The van der Waals surface area contributed by atoms with Crippen LogP contribution in [-0.2, 0) is 9.59 Å². The zero-order chi connectivity index (χ0) is 14.3. The number of carbonyl (C=O) groups excluding carboxylic acids is 2. The number of ether oxygens (including phenoxy) is 1. The molecule has 0 N–H and O–H groups in total. The van der Waals surface area contributed by atoms with E-state index < -0.39 is 0 Å². The lowest BCUT2D eigenvalue weighted by Crippen LogP contribution is -2.31. The minimum Gasteiger partial charge on any atom is -0.495 e. The molecule has 0 spiro atoms. The van der Waals surface area contributed by atoms with E-state index in [2.05, 4.69) is 0 Å². The molecule has 1 aromatic carbocycles. The average molecular weight is 271 g/mol. The monoisotopic (exact) mass is 271 g/mol. The molecule has 0 unspecified atom stereocenters. The number of para-hydroxylation sites is 2. The quantitative estimate of drug-likeness (QED) is 0.613. The first-order valence-corrected chi connectivity index (χ1v) is 6.82. The molecule has 0 saturated carbocycles. The van der Waals surface area contributed by atoms with Crippen molar-refractivity contribution in [1.82, 2.24) is 0 Å². The number of hydrogen-bond acceptors (Lipinski definition) is 3. The van der Waals surface area contributed by atoms with E-state index in [1.165, 1.54) is 4.90 Å². The molecule has 4 heteroatoms. The van der Waals surface area contributed by atoms with E-state index in [0.29, 0.717) is 17.9 Å². The number of anilines is 1. The SMILES string of the molecule is COc1ccccc1N1C(=O)[C@@H]2[C@@H](C)C=CC[C@H]2C1=O. The van der Waals surface area contributed by atoms with E-state index >= 15 is 0 Å². The van der Waals surface area contributed by atoms with Crippen molar-refractivity contribution in [1.29, 1.82) is 0 Å². The predicted molar refractivity (Wildman–Crippen MR) is 75.4 cm³/mol. The van der Waals surface area contributed by atoms with Crippen molar-refractivity contribution in [3.05, 3.63) is 36.4 Å². The van der Waals surface area contributed by atoms with Gasteiger partial charge in [0.25, 0.3) is 0 Å². The molecule has 1 heterocycles. The number of imide groups is 1. The molecule has 4 nitrogen and oxygen atoms in total. The molecular formula is C16H17NO3. The van der Waals surface area contributed by atoms with Gasteiger partial charge >= 0.3 is 0 Å². The van der Waals surface area contributed by atoms with Crippen LogP contribution >= 0.6 is 0 Å². The maximum atomic E-state index is 12.6. The number of hydrogen-bond donors (Lipinski definition) is 0. The van der Waals surface area contributed by atoms with E-state index in [9.17, 15) is 9.59 Å². The number of nitrogens with zero attached hydrogens (tertiary/aromatic N) is 1. The third kappa shape index (κ3) is 1.75. The van der Waals surface area contributed by atoms with Gasteiger partial charge in [-0.1, -0.05) is 31.2 Å². The van der Waals surface area contributed by atoms with Gasteiger partial charge in [-0.3, -0.25) is 9.59 Å². The molecule has 3 atom stereocenters. The minimum absolute atomic E-state index is 0.102. The zero-order valence-corrected chi connectivity index (χ0v) is 11.6. The highest BCUT2D eigenvalue weighted by atomic mass is 16.5. The fourth-order valence-corrected chi connectivity index (χ4v) is 3.20. The number of fused-ring (bicyclic) bond motifs is 1. The molecule has 1 fully saturated rings. The zero-order valence-electron chi connectivity index (χ0n) is 11.6. The Hall–Kier alpha value is -2.10. The molecule has 0 bridgehead atoms. The summed E-state index contributed by atoms with van der Waals surface area (Å²) in [6, 6.07) is 7.15. The highest BCUT2D eigenvalue weighted by molar-refractivity contribution is 6.23. The van der Waals surface area contributed by atoms with Gasteiger partial charge in [-0.15, -0.1) is 0 Å². The second kappa shape index (κ2) is 4.78. The molecule has 20 heavy (non-hydrogen) atoms. The lowest BCUT2D eigenvalue weighted by Gasteiger charge is -2.22. The van der Waals surface area contributed by atoms with E-state index in [0.717, 1.165) is 0 Å². The number of amides is 2. The smallest absolute Gasteiger partial charge is 0.238 e. The van der Waals surface area contributed by atoms with Crippen LogP contribution in [0.5, 0.6) is 5.75 Å². The summed E-state index contributed by atoms with van der Waals surface area (Å²) < 4.78 is 5.27. The Morgan fingerprint density at radius 1 is 1.20 bits per heavy atom. The van der Waals surface area contributed by atoms with Crippen LogP contribution in [0.4, 0.5) is 5.69 Å². The molecule has 1 aliphatic carbocycles. The Kier molecular flexibility index (Phi) is 3.08. The number of allylic oxidation sites excluding steroid dienone is 2. The molecule has 2 amide bonds. The van der Waals surface area contributed by atoms with Crippen LogP contribution in [0.1, 0.15) is 13.3 Å². The summed E-state index contributed by atoms with van der Waals surface area (Å²) in [6.07, 6.45) is 4.67. The Morgan fingerprint density at radius 2 is 1.95 bits per heavy atom. The lowest BCUT2D eigenvalue weighted by atomic mass is 9.78. The molecular weight excluding hydrogens is 254 g/mol. The summed E-state index contributed by atoms with van der Waals surface area (Å²) in [7, 11) is 1.54. The van der Waals surface area contributed by atoms with Gasteiger partial charge in [-0.2, -0.15) is 0 Å². The van der Waals surface area contributed by atoms with E-state index in [4.69, 9.17) is 4.74 Å². The lowest BCUT2D eigenvalue weighted by molar-refractivity contribution is -0.122. The van der Waals surface area contributed by atoms with Crippen LogP contribution in [0.3, 0.4) is 0 Å². The maximum Gasteiger partial charge on any atom is 0.238 e. The van der Waals surface area contributed by atoms with Gasteiger partial charge in [0.05, 0.1) is 24.6 Å². The molecule has 0 aromatic heterocycles. The number of benzene rings is 1. The van der Waals surface area contributed by atoms with Gasteiger partial charge in [0.2, 0.25) is 11.8 Å². The number of carbonyl (C=O) groups is 2. The van der Waals surface area contributed by atoms with Gasteiger partial charge in [0.15, 0.2) is 0 Å². The molecule has 1 aliphatic heterocycles. The van der Waals surface area contributed by atoms with Crippen molar-refractivity contribution in [3.63, 3.8) is 0 Å². The largest absolute Gasteiger partial charge is 0.495 e. The summed E-state index contributed by atoms with van der Waals surface area (Å²) in [6.45, 7) is 1.99. The van der Waals surface area contributed by atoms with Crippen LogP contribution in [0, 0.1) is 17.8 Å². The first kappa shape index (κ1) is 12.9.